The van der Waals surface area contributed by atoms with Crippen LogP contribution in [-0.2, 0) is 6.61 Å². The third-order valence-corrected chi connectivity index (χ3v) is 3.13. The maximum Gasteiger partial charge on any atom is 0.125 e. The van der Waals surface area contributed by atoms with Crippen molar-refractivity contribution in [2.24, 2.45) is 0 Å². The number of rotatable bonds is 6. The minimum Gasteiger partial charge on any atom is -0.489 e. The van der Waals surface area contributed by atoms with Gasteiger partial charge < -0.3 is 10.1 Å². The highest BCUT2D eigenvalue weighted by atomic mass is 79.9. The van der Waals surface area contributed by atoms with Crippen molar-refractivity contribution in [1.29, 1.82) is 0 Å². The minimum atomic E-state index is 0.530. The largest absolute Gasteiger partial charge is 0.489 e. The van der Waals surface area contributed by atoms with E-state index in [0.717, 1.165) is 34.6 Å². The topological polar surface area (TPSA) is 34.1 Å². The fourth-order valence-electron chi connectivity index (χ4n) is 1.57. The van der Waals surface area contributed by atoms with E-state index in [4.69, 9.17) is 4.74 Å². The van der Waals surface area contributed by atoms with Gasteiger partial charge in [-0.15, -0.1) is 0 Å². The number of halogens is 1. The Bertz CT molecular complexity index is 497. The number of hydrogen-bond acceptors (Lipinski definition) is 3. The SMILES string of the molecule is CCCNc1ccc(COc2ccc(Br)cc2)cn1. The number of nitrogens with zero attached hydrogens (tertiary/aromatic N) is 1. The maximum atomic E-state index is 5.69. The summed E-state index contributed by atoms with van der Waals surface area (Å²) in [6.07, 6.45) is 2.94. The van der Waals surface area contributed by atoms with Gasteiger partial charge in [0, 0.05) is 22.8 Å². The lowest BCUT2D eigenvalue weighted by atomic mass is 10.3. The van der Waals surface area contributed by atoms with E-state index in [1.165, 1.54) is 0 Å². The van der Waals surface area contributed by atoms with Gasteiger partial charge in [0.1, 0.15) is 18.2 Å². The molecule has 2 rings (SSSR count). The molecule has 0 aliphatic carbocycles. The number of pyridine rings is 1. The molecule has 4 heteroatoms. The highest BCUT2D eigenvalue weighted by Gasteiger charge is 1.98. The molecule has 1 aromatic heterocycles. The van der Waals surface area contributed by atoms with Gasteiger partial charge in [-0.3, -0.25) is 0 Å². The molecule has 0 bridgehead atoms. The van der Waals surface area contributed by atoms with E-state index in [-0.39, 0.29) is 0 Å². The molecule has 1 N–H and O–H groups in total. The molecule has 0 atom stereocenters. The van der Waals surface area contributed by atoms with Crippen LogP contribution in [0, 0.1) is 0 Å². The average Bonchev–Trinajstić information content (AvgIpc) is 2.46. The Kier molecular flexibility index (Phi) is 5.21. The van der Waals surface area contributed by atoms with Crippen LogP contribution in [0.3, 0.4) is 0 Å². The average molecular weight is 321 g/mol. The normalized spacial score (nSPS) is 10.2. The Morgan fingerprint density at radius 3 is 2.58 bits per heavy atom. The van der Waals surface area contributed by atoms with Crippen molar-refractivity contribution in [1.82, 2.24) is 4.98 Å². The lowest BCUT2D eigenvalue weighted by Gasteiger charge is -2.07. The second kappa shape index (κ2) is 7.14. The van der Waals surface area contributed by atoms with Crippen molar-refractivity contribution in [2.75, 3.05) is 11.9 Å². The quantitative estimate of drug-likeness (QED) is 0.864. The van der Waals surface area contributed by atoms with Gasteiger partial charge in [-0.25, -0.2) is 4.98 Å². The van der Waals surface area contributed by atoms with E-state index in [9.17, 15) is 0 Å². The summed E-state index contributed by atoms with van der Waals surface area (Å²) in [6.45, 7) is 3.61. The Morgan fingerprint density at radius 1 is 1.16 bits per heavy atom. The van der Waals surface area contributed by atoms with E-state index >= 15 is 0 Å². The first-order valence-electron chi connectivity index (χ1n) is 6.35. The molecule has 100 valence electrons. The second-order valence-corrected chi connectivity index (χ2v) is 5.14. The molecule has 2 aromatic rings. The van der Waals surface area contributed by atoms with Gasteiger partial charge in [0.15, 0.2) is 0 Å². The van der Waals surface area contributed by atoms with Gasteiger partial charge in [-0.2, -0.15) is 0 Å². The summed E-state index contributed by atoms with van der Waals surface area (Å²) in [4.78, 5) is 4.34. The number of aromatic nitrogens is 1. The van der Waals surface area contributed by atoms with Gasteiger partial charge in [0.05, 0.1) is 0 Å². The van der Waals surface area contributed by atoms with Crippen LogP contribution in [0.25, 0.3) is 0 Å². The van der Waals surface area contributed by atoms with Crippen LogP contribution in [0.4, 0.5) is 5.82 Å². The summed E-state index contributed by atoms with van der Waals surface area (Å²) in [6, 6.07) is 11.8. The van der Waals surface area contributed by atoms with Crippen LogP contribution in [0.2, 0.25) is 0 Å². The number of benzene rings is 1. The zero-order valence-corrected chi connectivity index (χ0v) is 12.5. The van der Waals surface area contributed by atoms with Crippen molar-refractivity contribution in [3.63, 3.8) is 0 Å². The Balaban J connectivity index is 1.87. The predicted octanol–water partition coefficient (Wildman–Crippen LogP) is 4.25. The van der Waals surface area contributed by atoms with Crippen LogP contribution in [0.15, 0.2) is 47.1 Å². The summed E-state index contributed by atoms with van der Waals surface area (Å²) in [7, 11) is 0. The standard InChI is InChI=1S/C15H17BrN2O/c1-2-9-17-15-8-3-12(10-18-15)11-19-14-6-4-13(16)5-7-14/h3-8,10H,2,9,11H2,1H3,(H,17,18). The summed E-state index contributed by atoms with van der Waals surface area (Å²) >= 11 is 3.40. The number of anilines is 1. The fourth-order valence-corrected chi connectivity index (χ4v) is 1.83. The zero-order chi connectivity index (χ0) is 13.5. The van der Waals surface area contributed by atoms with E-state index < -0.39 is 0 Å². The fraction of sp³-hybridized carbons (Fsp3) is 0.267. The molecule has 0 unspecified atom stereocenters. The highest BCUT2D eigenvalue weighted by molar-refractivity contribution is 9.10. The Labute approximate surface area is 122 Å². The van der Waals surface area contributed by atoms with E-state index in [1.807, 2.05) is 42.6 Å². The summed E-state index contributed by atoms with van der Waals surface area (Å²) in [5.41, 5.74) is 1.06. The van der Waals surface area contributed by atoms with Crippen molar-refractivity contribution in [3.05, 3.63) is 52.6 Å². The van der Waals surface area contributed by atoms with Gasteiger partial charge in [0.2, 0.25) is 0 Å². The lowest BCUT2D eigenvalue weighted by Crippen LogP contribution is -2.02. The number of ether oxygens (including phenoxy) is 1. The third kappa shape index (κ3) is 4.56. The third-order valence-electron chi connectivity index (χ3n) is 2.60. The van der Waals surface area contributed by atoms with Crippen LogP contribution < -0.4 is 10.1 Å². The molecular weight excluding hydrogens is 304 g/mol. The van der Waals surface area contributed by atoms with Crippen LogP contribution in [0.1, 0.15) is 18.9 Å². The smallest absolute Gasteiger partial charge is 0.125 e. The molecule has 3 nitrogen and oxygen atoms in total. The monoisotopic (exact) mass is 320 g/mol. The molecule has 0 spiro atoms. The molecule has 1 aromatic carbocycles. The second-order valence-electron chi connectivity index (χ2n) is 4.22. The summed E-state index contributed by atoms with van der Waals surface area (Å²) in [5, 5.41) is 3.24. The predicted molar refractivity (Wildman–Crippen MR) is 81.5 cm³/mol. The lowest BCUT2D eigenvalue weighted by molar-refractivity contribution is 0.306. The van der Waals surface area contributed by atoms with E-state index in [0.29, 0.717) is 6.61 Å². The van der Waals surface area contributed by atoms with Crippen LogP contribution >= 0.6 is 15.9 Å². The van der Waals surface area contributed by atoms with E-state index in [1.54, 1.807) is 0 Å². The first-order valence-corrected chi connectivity index (χ1v) is 7.14. The molecule has 0 amide bonds. The van der Waals surface area contributed by atoms with Crippen LogP contribution in [0.5, 0.6) is 5.75 Å². The van der Waals surface area contributed by atoms with Crippen molar-refractivity contribution >= 4 is 21.7 Å². The molecule has 1 heterocycles. The molecule has 0 saturated heterocycles. The molecular formula is C15H17BrN2O. The minimum absolute atomic E-state index is 0.530. The molecule has 19 heavy (non-hydrogen) atoms. The van der Waals surface area contributed by atoms with Crippen molar-refractivity contribution in [3.8, 4) is 5.75 Å². The first-order chi connectivity index (χ1) is 9.28. The maximum absolute atomic E-state index is 5.69. The van der Waals surface area contributed by atoms with Gasteiger partial charge in [-0.1, -0.05) is 28.9 Å². The van der Waals surface area contributed by atoms with Gasteiger partial charge in [-0.05, 0) is 36.8 Å². The van der Waals surface area contributed by atoms with E-state index in [2.05, 4.69) is 33.2 Å². The highest BCUT2D eigenvalue weighted by Crippen LogP contribution is 2.17. The first kappa shape index (κ1) is 13.9. The number of nitrogens with one attached hydrogen (secondary N) is 1. The molecule has 0 aliphatic rings. The van der Waals surface area contributed by atoms with Crippen molar-refractivity contribution in [2.45, 2.75) is 20.0 Å². The van der Waals surface area contributed by atoms with Crippen molar-refractivity contribution < 1.29 is 4.74 Å². The summed E-state index contributed by atoms with van der Waals surface area (Å²) < 4.78 is 6.74. The molecule has 0 saturated carbocycles. The molecule has 0 aliphatic heterocycles. The summed E-state index contributed by atoms with van der Waals surface area (Å²) in [5.74, 6) is 1.77. The Morgan fingerprint density at radius 2 is 1.95 bits per heavy atom. The van der Waals surface area contributed by atoms with Gasteiger partial charge >= 0.3 is 0 Å². The number of hydrogen-bond donors (Lipinski definition) is 1. The molecule has 0 fully saturated rings. The zero-order valence-electron chi connectivity index (χ0n) is 10.9. The molecule has 0 radical (unpaired) electrons. The van der Waals surface area contributed by atoms with Gasteiger partial charge in [0.25, 0.3) is 0 Å². The Hall–Kier alpha value is -1.55. The van der Waals surface area contributed by atoms with Crippen LogP contribution in [-0.4, -0.2) is 11.5 Å².